The quantitative estimate of drug-likeness (QED) is 0.310. The maximum absolute atomic E-state index is 12.5. The minimum atomic E-state index is -1.74. The van der Waals surface area contributed by atoms with Gasteiger partial charge in [0.1, 0.15) is 41.1 Å². The molecule has 31 heavy (non-hydrogen) atoms. The van der Waals surface area contributed by atoms with Crippen molar-refractivity contribution in [2.75, 3.05) is 6.61 Å². The number of hydrogen-bond acceptors (Lipinski definition) is 10. The molecule has 2 aromatic carbocycles. The summed E-state index contributed by atoms with van der Waals surface area (Å²) in [6.45, 7) is -0.672. The van der Waals surface area contributed by atoms with E-state index in [1.54, 1.807) is 30.3 Å². The van der Waals surface area contributed by atoms with E-state index in [0.29, 0.717) is 5.56 Å². The molecule has 4 rings (SSSR count). The molecule has 10 nitrogen and oxygen atoms in total. The van der Waals surface area contributed by atoms with Crippen LogP contribution in [-0.2, 0) is 4.74 Å². The van der Waals surface area contributed by atoms with Crippen molar-refractivity contribution >= 4 is 11.0 Å². The number of ether oxygens (including phenoxy) is 2. The predicted octanol–water partition coefficient (Wildman–Crippen LogP) is 0.0499. The lowest BCUT2D eigenvalue weighted by atomic mass is 9.99. The molecule has 10 heteroatoms. The van der Waals surface area contributed by atoms with Gasteiger partial charge >= 0.3 is 0 Å². The van der Waals surface area contributed by atoms with Gasteiger partial charge in [0.2, 0.25) is 12.0 Å². The summed E-state index contributed by atoms with van der Waals surface area (Å²) in [6, 6.07) is 11.0. The van der Waals surface area contributed by atoms with Crippen molar-refractivity contribution in [3.8, 4) is 28.6 Å². The lowest BCUT2D eigenvalue weighted by molar-refractivity contribution is -0.277. The van der Waals surface area contributed by atoms with Crippen molar-refractivity contribution in [2.24, 2.45) is 0 Å². The van der Waals surface area contributed by atoms with E-state index < -0.39 is 60.0 Å². The van der Waals surface area contributed by atoms with Gasteiger partial charge in [-0.2, -0.15) is 0 Å². The number of phenolic OH excluding ortho intramolecular Hbond substituents is 2. The van der Waals surface area contributed by atoms with Crippen molar-refractivity contribution in [3.05, 3.63) is 52.7 Å². The Morgan fingerprint density at radius 2 is 1.65 bits per heavy atom. The van der Waals surface area contributed by atoms with E-state index in [-0.39, 0.29) is 16.7 Å². The second-order valence-corrected chi connectivity index (χ2v) is 7.10. The Bertz CT molecular complexity index is 1140. The molecule has 2 heterocycles. The topological polar surface area (TPSA) is 170 Å². The van der Waals surface area contributed by atoms with E-state index >= 15 is 0 Å². The van der Waals surface area contributed by atoms with Gasteiger partial charge in [-0.1, -0.05) is 30.3 Å². The lowest BCUT2D eigenvalue weighted by Gasteiger charge is -2.39. The minimum absolute atomic E-state index is 0.110. The van der Waals surface area contributed by atoms with Gasteiger partial charge in [0.05, 0.1) is 6.61 Å². The first kappa shape index (κ1) is 21.1. The normalized spacial score (nSPS) is 26.1. The second-order valence-electron chi connectivity index (χ2n) is 7.10. The average molecular weight is 432 g/mol. The fourth-order valence-corrected chi connectivity index (χ4v) is 3.39. The van der Waals surface area contributed by atoms with Crippen molar-refractivity contribution in [3.63, 3.8) is 0 Å². The molecule has 1 aliphatic rings. The molecule has 1 fully saturated rings. The summed E-state index contributed by atoms with van der Waals surface area (Å²) in [6.07, 6.45) is -7.87. The Hall–Kier alpha value is -3.15. The van der Waals surface area contributed by atoms with Gasteiger partial charge in [-0.25, -0.2) is 0 Å². The smallest absolute Gasteiger partial charge is 0.229 e. The highest BCUT2D eigenvalue weighted by Crippen LogP contribution is 2.42. The fourth-order valence-electron chi connectivity index (χ4n) is 3.39. The molecule has 0 aliphatic carbocycles. The molecule has 164 valence electrons. The Kier molecular flexibility index (Phi) is 5.56. The van der Waals surface area contributed by atoms with Gasteiger partial charge in [-0.15, -0.1) is 0 Å². The molecule has 0 bridgehead atoms. The Morgan fingerprint density at radius 3 is 2.32 bits per heavy atom. The van der Waals surface area contributed by atoms with Crippen LogP contribution in [0, 0.1) is 0 Å². The van der Waals surface area contributed by atoms with Crippen LogP contribution >= 0.6 is 0 Å². The van der Waals surface area contributed by atoms with Crippen LogP contribution in [0.5, 0.6) is 17.2 Å². The molecule has 5 atom stereocenters. The van der Waals surface area contributed by atoms with Crippen molar-refractivity contribution in [1.82, 2.24) is 0 Å². The summed E-state index contributed by atoms with van der Waals surface area (Å²) in [5.41, 5.74) is -0.112. The highest BCUT2D eigenvalue weighted by molar-refractivity contribution is 5.89. The SMILES string of the molecule is O=c1cc(-c2ccccc2)oc2cc(O[C@@H]3O[C@@H](CO)[C@@H](O)[C@@H](O)[C@H]3O)c(O)c(O)c12. The van der Waals surface area contributed by atoms with E-state index in [0.717, 1.165) is 6.07 Å². The Balaban J connectivity index is 1.76. The Morgan fingerprint density at radius 1 is 0.935 bits per heavy atom. The molecule has 1 saturated heterocycles. The number of aliphatic hydroxyl groups is 4. The van der Waals surface area contributed by atoms with Crippen LogP contribution in [0.3, 0.4) is 0 Å². The molecular weight excluding hydrogens is 412 g/mol. The van der Waals surface area contributed by atoms with E-state index in [4.69, 9.17) is 13.9 Å². The molecular formula is C21H20O10. The van der Waals surface area contributed by atoms with Crippen molar-refractivity contribution in [2.45, 2.75) is 30.7 Å². The van der Waals surface area contributed by atoms with Crippen LogP contribution in [0.4, 0.5) is 0 Å². The molecule has 1 aliphatic heterocycles. The maximum atomic E-state index is 12.5. The summed E-state index contributed by atoms with van der Waals surface area (Å²) >= 11 is 0. The number of fused-ring (bicyclic) bond motifs is 1. The average Bonchev–Trinajstić information content (AvgIpc) is 2.77. The largest absolute Gasteiger partial charge is 0.504 e. The lowest BCUT2D eigenvalue weighted by Crippen LogP contribution is -2.60. The van der Waals surface area contributed by atoms with Crippen molar-refractivity contribution in [1.29, 1.82) is 0 Å². The van der Waals surface area contributed by atoms with Gasteiger partial charge in [0, 0.05) is 17.7 Å². The number of phenols is 2. The highest BCUT2D eigenvalue weighted by atomic mass is 16.7. The zero-order chi connectivity index (χ0) is 22.3. The Labute approximate surface area is 174 Å². The zero-order valence-electron chi connectivity index (χ0n) is 16.0. The third kappa shape index (κ3) is 3.71. The number of hydrogen-bond donors (Lipinski definition) is 6. The fraction of sp³-hybridized carbons (Fsp3) is 0.286. The van der Waals surface area contributed by atoms with Crippen LogP contribution < -0.4 is 10.2 Å². The van der Waals surface area contributed by atoms with E-state index in [2.05, 4.69) is 0 Å². The summed E-state index contributed by atoms with van der Waals surface area (Å²) < 4.78 is 16.4. The van der Waals surface area contributed by atoms with E-state index in [1.807, 2.05) is 0 Å². The van der Waals surface area contributed by atoms with E-state index in [1.165, 1.54) is 6.07 Å². The third-order valence-corrected chi connectivity index (χ3v) is 5.08. The molecule has 1 aromatic heterocycles. The van der Waals surface area contributed by atoms with Gasteiger partial charge in [0.15, 0.2) is 16.9 Å². The molecule has 0 spiro atoms. The van der Waals surface area contributed by atoms with Crippen LogP contribution in [0.2, 0.25) is 0 Å². The predicted molar refractivity (Wildman–Crippen MR) is 106 cm³/mol. The number of rotatable bonds is 4. The first-order chi connectivity index (χ1) is 14.8. The van der Waals surface area contributed by atoms with Gasteiger partial charge < -0.3 is 44.5 Å². The van der Waals surface area contributed by atoms with Crippen molar-refractivity contribution < 1.29 is 44.5 Å². The van der Waals surface area contributed by atoms with Gasteiger partial charge in [0.25, 0.3) is 0 Å². The highest BCUT2D eigenvalue weighted by Gasteiger charge is 2.45. The molecule has 3 aromatic rings. The monoisotopic (exact) mass is 432 g/mol. The number of aliphatic hydroxyl groups excluding tert-OH is 4. The summed E-state index contributed by atoms with van der Waals surface area (Å²) in [7, 11) is 0. The molecule has 0 radical (unpaired) electrons. The first-order valence-corrected chi connectivity index (χ1v) is 9.37. The second kappa shape index (κ2) is 8.17. The summed E-state index contributed by atoms with van der Waals surface area (Å²) in [5.74, 6) is -1.82. The third-order valence-electron chi connectivity index (χ3n) is 5.08. The zero-order valence-corrected chi connectivity index (χ0v) is 16.0. The van der Waals surface area contributed by atoms with Gasteiger partial charge in [-0.05, 0) is 0 Å². The van der Waals surface area contributed by atoms with Crippen LogP contribution in [0.15, 0.2) is 51.7 Å². The molecule has 6 N–H and O–H groups in total. The molecule has 0 saturated carbocycles. The number of benzene rings is 2. The maximum Gasteiger partial charge on any atom is 0.229 e. The first-order valence-electron chi connectivity index (χ1n) is 9.37. The summed E-state index contributed by atoms with van der Waals surface area (Å²) in [4.78, 5) is 12.5. The molecule has 0 amide bonds. The minimum Gasteiger partial charge on any atom is -0.504 e. The van der Waals surface area contributed by atoms with Gasteiger partial charge in [-0.3, -0.25) is 4.79 Å². The van der Waals surface area contributed by atoms with Crippen LogP contribution in [-0.4, -0.2) is 68.0 Å². The standard InChI is InChI=1S/C21H20O10/c22-8-14-17(25)19(27)20(28)21(31-14)30-13-7-12-15(18(26)16(13)24)10(23)6-11(29-12)9-4-2-1-3-5-9/h1-7,14,17,19-22,24-28H,8H2/t14-,17+,19+,20+,21+/m0/s1. The van der Waals surface area contributed by atoms with Crippen LogP contribution in [0.1, 0.15) is 0 Å². The summed E-state index contributed by atoms with van der Waals surface area (Å²) in [5, 5.41) is 59.6. The van der Waals surface area contributed by atoms with E-state index in [9.17, 15) is 35.4 Å². The van der Waals surface area contributed by atoms with Crippen LogP contribution in [0.25, 0.3) is 22.3 Å². The number of aromatic hydroxyl groups is 2. The molecule has 0 unspecified atom stereocenters.